The third kappa shape index (κ3) is 2.86. The zero-order valence-electron chi connectivity index (χ0n) is 7.33. The van der Waals surface area contributed by atoms with Crippen molar-refractivity contribution in [2.24, 2.45) is 0 Å². The number of rotatable bonds is 3. The summed E-state index contributed by atoms with van der Waals surface area (Å²) in [5.41, 5.74) is 0.994. The normalized spacial score (nSPS) is 10.7. The second-order valence-electron chi connectivity index (χ2n) is 2.47. The molecule has 3 heteroatoms. The van der Waals surface area contributed by atoms with Gasteiger partial charge in [-0.05, 0) is 23.8 Å². The lowest BCUT2D eigenvalue weighted by atomic mass is 10.2. The molecule has 0 spiro atoms. The van der Waals surface area contributed by atoms with E-state index in [1.165, 1.54) is 0 Å². The Hall–Kier alpha value is -0.800. The Bertz CT molecular complexity index is 308. The molecule has 0 radical (unpaired) electrons. The van der Waals surface area contributed by atoms with Gasteiger partial charge in [0.15, 0.2) is 0 Å². The maximum atomic E-state index is 8.61. The lowest BCUT2D eigenvalue weighted by molar-refractivity contribution is 0.343. The van der Waals surface area contributed by atoms with Gasteiger partial charge < -0.3 is 9.84 Å². The molecule has 1 rings (SSSR count). The van der Waals surface area contributed by atoms with E-state index in [-0.39, 0.29) is 6.61 Å². The first-order valence-electron chi connectivity index (χ1n) is 3.89. The summed E-state index contributed by atoms with van der Waals surface area (Å²) in [4.78, 5) is 0. The summed E-state index contributed by atoms with van der Waals surface area (Å²) in [5, 5.41) is 8.61. The lowest BCUT2D eigenvalue weighted by Crippen LogP contribution is -1.84. The van der Waals surface area contributed by atoms with E-state index >= 15 is 0 Å². The lowest BCUT2D eigenvalue weighted by Gasteiger charge is -2.02. The van der Waals surface area contributed by atoms with Gasteiger partial charge in [-0.3, -0.25) is 0 Å². The van der Waals surface area contributed by atoms with Crippen molar-refractivity contribution in [1.82, 2.24) is 0 Å². The van der Waals surface area contributed by atoms with Gasteiger partial charge in [-0.2, -0.15) is 0 Å². The van der Waals surface area contributed by atoms with Gasteiger partial charge in [-0.15, -0.1) is 0 Å². The molecule has 1 N–H and O–H groups in total. The molecule has 1 aromatic rings. The molecule has 0 fully saturated rings. The summed E-state index contributed by atoms with van der Waals surface area (Å²) in [6.45, 7) is 0.0453. The predicted octanol–water partition coefficient (Wildman–Crippen LogP) is 2.46. The minimum absolute atomic E-state index is 0.0453. The van der Waals surface area contributed by atoms with Gasteiger partial charge in [0.05, 0.1) is 13.7 Å². The first-order chi connectivity index (χ1) is 6.27. The number of hydrogen-bond acceptors (Lipinski definition) is 2. The first-order valence-corrected chi connectivity index (χ1v) is 4.68. The fourth-order valence-electron chi connectivity index (χ4n) is 0.956. The van der Waals surface area contributed by atoms with Crippen molar-refractivity contribution in [1.29, 1.82) is 0 Å². The van der Waals surface area contributed by atoms with Crippen LogP contribution in [0.2, 0.25) is 0 Å². The Morgan fingerprint density at radius 3 is 2.92 bits per heavy atom. The van der Waals surface area contributed by atoms with Crippen LogP contribution < -0.4 is 4.74 Å². The molecule has 2 nitrogen and oxygen atoms in total. The monoisotopic (exact) mass is 242 g/mol. The summed E-state index contributed by atoms with van der Waals surface area (Å²) >= 11 is 3.40. The highest BCUT2D eigenvalue weighted by Crippen LogP contribution is 2.23. The second-order valence-corrected chi connectivity index (χ2v) is 3.33. The summed E-state index contributed by atoms with van der Waals surface area (Å²) < 4.78 is 6.06. The van der Waals surface area contributed by atoms with Crippen molar-refractivity contribution in [2.45, 2.75) is 0 Å². The summed E-state index contributed by atoms with van der Waals surface area (Å²) in [6, 6.07) is 5.69. The molecule has 1 aromatic carbocycles. The highest BCUT2D eigenvalue weighted by molar-refractivity contribution is 9.10. The van der Waals surface area contributed by atoms with Crippen LogP contribution in [0, 0.1) is 0 Å². The number of aliphatic hydroxyl groups excluding tert-OH is 1. The van der Waals surface area contributed by atoms with Crippen LogP contribution in [-0.4, -0.2) is 18.8 Å². The molecule has 0 aliphatic rings. The molecular formula is C10H11BrO2. The molecular weight excluding hydrogens is 232 g/mol. The van der Waals surface area contributed by atoms with Crippen molar-refractivity contribution < 1.29 is 9.84 Å². The Morgan fingerprint density at radius 1 is 1.54 bits per heavy atom. The van der Waals surface area contributed by atoms with Crippen molar-refractivity contribution in [3.8, 4) is 5.75 Å². The molecule has 13 heavy (non-hydrogen) atoms. The highest BCUT2D eigenvalue weighted by atomic mass is 79.9. The Kier molecular flexibility index (Phi) is 3.99. The number of methoxy groups -OCH3 is 1. The van der Waals surface area contributed by atoms with Crippen molar-refractivity contribution in [3.63, 3.8) is 0 Å². The molecule has 0 saturated carbocycles. The standard InChI is InChI=1S/C10H11BrO2/c1-13-9-4-5-10(11)8(7-9)3-2-6-12/h2-5,7,12H,6H2,1H3. The van der Waals surface area contributed by atoms with Gasteiger partial charge >= 0.3 is 0 Å². The quantitative estimate of drug-likeness (QED) is 0.883. The molecule has 0 saturated heterocycles. The zero-order valence-corrected chi connectivity index (χ0v) is 8.91. The Morgan fingerprint density at radius 2 is 2.31 bits per heavy atom. The van der Waals surface area contributed by atoms with E-state index in [4.69, 9.17) is 9.84 Å². The molecule has 0 atom stereocenters. The number of halogens is 1. The first kappa shape index (κ1) is 10.3. The topological polar surface area (TPSA) is 29.5 Å². The third-order valence-electron chi connectivity index (χ3n) is 1.61. The average molecular weight is 243 g/mol. The summed E-state index contributed by atoms with van der Waals surface area (Å²) in [5.74, 6) is 0.806. The molecule has 0 unspecified atom stereocenters. The molecule has 0 aliphatic heterocycles. The average Bonchev–Trinajstić information content (AvgIpc) is 2.17. The van der Waals surface area contributed by atoms with Gasteiger partial charge in [-0.1, -0.05) is 28.1 Å². The maximum absolute atomic E-state index is 8.61. The van der Waals surface area contributed by atoms with Crippen LogP contribution in [0.3, 0.4) is 0 Å². The number of hydrogen-bond donors (Lipinski definition) is 1. The predicted molar refractivity (Wildman–Crippen MR) is 56.8 cm³/mol. The van der Waals surface area contributed by atoms with Gasteiger partial charge in [0, 0.05) is 4.47 Å². The smallest absolute Gasteiger partial charge is 0.119 e. The summed E-state index contributed by atoms with van der Waals surface area (Å²) in [7, 11) is 1.63. The van der Waals surface area contributed by atoms with Gasteiger partial charge in [0.2, 0.25) is 0 Å². The van der Waals surface area contributed by atoms with E-state index in [9.17, 15) is 0 Å². The largest absolute Gasteiger partial charge is 0.497 e. The van der Waals surface area contributed by atoms with Crippen LogP contribution >= 0.6 is 15.9 Å². The second kappa shape index (κ2) is 5.04. The molecule has 0 bridgehead atoms. The Labute approximate surface area is 86.0 Å². The molecule has 0 aromatic heterocycles. The van der Waals surface area contributed by atoms with Gasteiger partial charge in [-0.25, -0.2) is 0 Å². The maximum Gasteiger partial charge on any atom is 0.119 e. The third-order valence-corrected chi connectivity index (χ3v) is 2.33. The van der Waals surface area contributed by atoms with Gasteiger partial charge in [0.25, 0.3) is 0 Å². The van der Waals surface area contributed by atoms with Crippen LogP contribution in [0.15, 0.2) is 28.7 Å². The minimum atomic E-state index is 0.0453. The zero-order chi connectivity index (χ0) is 9.68. The minimum Gasteiger partial charge on any atom is -0.497 e. The van der Waals surface area contributed by atoms with E-state index in [1.54, 1.807) is 13.2 Å². The molecule has 70 valence electrons. The number of ether oxygens (including phenoxy) is 1. The van der Waals surface area contributed by atoms with E-state index in [1.807, 2.05) is 24.3 Å². The fourth-order valence-corrected chi connectivity index (χ4v) is 1.33. The van der Waals surface area contributed by atoms with Crippen molar-refractivity contribution in [2.75, 3.05) is 13.7 Å². The molecule has 0 aliphatic carbocycles. The van der Waals surface area contributed by atoms with E-state index in [2.05, 4.69) is 15.9 Å². The highest BCUT2D eigenvalue weighted by Gasteiger charge is 1.97. The fraction of sp³-hybridized carbons (Fsp3) is 0.200. The van der Waals surface area contributed by atoms with Crippen LogP contribution in [0.1, 0.15) is 5.56 Å². The number of benzene rings is 1. The van der Waals surface area contributed by atoms with Crippen molar-refractivity contribution >= 4 is 22.0 Å². The SMILES string of the molecule is COc1ccc(Br)c(C=CCO)c1. The summed E-state index contributed by atoms with van der Waals surface area (Å²) in [6.07, 6.45) is 3.52. The molecule has 0 heterocycles. The van der Waals surface area contributed by atoms with E-state index in [0.717, 1.165) is 15.8 Å². The van der Waals surface area contributed by atoms with Crippen LogP contribution in [0.4, 0.5) is 0 Å². The number of aliphatic hydroxyl groups is 1. The van der Waals surface area contributed by atoms with Crippen LogP contribution in [0.25, 0.3) is 6.08 Å². The van der Waals surface area contributed by atoms with Crippen LogP contribution in [0.5, 0.6) is 5.75 Å². The van der Waals surface area contributed by atoms with Crippen LogP contribution in [-0.2, 0) is 0 Å². The van der Waals surface area contributed by atoms with Crippen molar-refractivity contribution in [3.05, 3.63) is 34.3 Å². The Balaban J connectivity index is 2.97. The van der Waals surface area contributed by atoms with E-state index < -0.39 is 0 Å². The van der Waals surface area contributed by atoms with E-state index in [0.29, 0.717) is 0 Å². The molecule has 0 amide bonds. The van der Waals surface area contributed by atoms with Gasteiger partial charge in [0.1, 0.15) is 5.75 Å².